The molecule has 0 aliphatic carbocycles. The lowest BCUT2D eigenvalue weighted by Gasteiger charge is -2.14. The van der Waals surface area contributed by atoms with Crippen molar-refractivity contribution in [3.8, 4) is 11.5 Å². The predicted octanol–water partition coefficient (Wildman–Crippen LogP) is 1.70. The molecule has 0 fully saturated rings. The third-order valence-electron chi connectivity index (χ3n) is 2.85. The first kappa shape index (κ1) is 14.9. The summed E-state index contributed by atoms with van der Waals surface area (Å²) in [5.74, 6) is 1.56. The minimum absolute atomic E-state index is 0.612. The molecule has 5 nitrogen and oxygen atoms in total. The zero-order chi connectivity index (χ0) is 14.4. The predicted molar refractivity (Wildman–Crippen MR) is 84.8 cm³/mol. The lowest BCUT2D eigenvalue weighted by molar-refractivity contribution is 0.297. The van der Waals surface area contributed by atoms with E-state index in [4.69, 9.17) is 21.7 Å². The van der Waals surface area contributed by atoms with Crippen molar-refractivity contribution in [3.63, 3.8) is 0 Å². The molecule has 0 saturated carbocycles. The third-order valence-corrected chi connectivity index (χ3v) is 3.10. The summed E-state index contributed by atoms with van der Waals surface area (Å²) in [5, 5.41) is 6.93. The van der Waals surface area contributed by atoms with Crippen LogP contribution in [0.5, 0.6) is 11.5 Å². The highest BCUT2D eigenvalue weighted by Crippen LogP contribution is 2.32. The molecular formula is C14H21N3O2S. The molecule has 1 aliphatic rings. The van der Waals surface area contributed by atoms with Gasteiger partial charge in [-0.2, -0.15) is 0 Å². The lowest BCUT2D eigenvalue weighted by Crippen LogP contribution is -2.34. The van der Waals surface area contributed by atoms with Crippen LogP contribution in [0, 0.1) is 0 Å². The van der Waals surface area contributed by atoms with Crippen molar-refractivity contribution in [2.24, 2.45) is 0 Å². The second-order valence-electron chi connectivity index (χ2n) is 4.90. The van der Waals surface area contributed by atoms with Crippen LogP contribution in [0.2, 0.25) is 0 Å². The van der Waals surface area contributed by atoms with Gasteiger partial charge in [-0.25, -0.2) is 0 Å². The molecule has 2 rings (SSSR count). The van der Waals surface area contributed by atoms with Crippen molar-refractivity contribution < 1.29 is 9.47 Å². The molecule has 1 aromatic rings. The Morgan fingerprint density at radius 3 is 2.75 bits per heavy atom. The summed E-state index contributed by atoms with van der Waals surface area (Å²) in [5.41, 5.74) is 0.900. The zero-order valence-corrected chi connectivity index (χ0v) is 12.8. The van der Waals surface area contributed by atoms with E-state index in [1.165, 1.54) is 0 Å². The molecule has 0 bridgehead atoms. The minimum Gasteiger partial charge on any atom is -0.490 e. The quantitative estimate of drug-likeness (QED) is 0.825. The molecule has 1 heterocycles. The number of thiocarbonyl (C=S) groups is 1. The van der Waals surface area contributed by atoms with Crippen LogP contribution in [0.4, 0.5) is 5.69 Å². The van der Waals surface area contributed by atoms with Gasteiger partial charge >= 0.3 is 0 Å². The molecule has 6 heteroatoms. The van der Waals surface area contributed by atoms with Gasteiger partial charge in [0.25, 0.3) is 0 Å². The van der Waals surface area contributed by atoms with Crippen molar-refractivity contribution in [1.29, 1.82) is 0 Å². The molecule has 0 aromatic heterocycles. The van der Waals surface area contributed by atoms with E-state index in [1.54, 1.807) is 0 Å². The van der Waals surface area contributed by atoms with Gasteiger partial charge in [-0.15, -0.1) is 0 Å². The standard InChI is InChI=1S/C14H21N3O2S/c1-17(2)7-6-15-14(20)16-11-4-5-12-13(10-11)19-9-3-8-18-12/h4-5,10H,3,6-9H2,1-2H3,(H2,15,16,20). The van der Waals surface area contributed by atoms with Crippen molar-refractivity contribution in [3.05, 3.63) is 18.2 Å². The van der Waals surface area contributed by atoms with Crippen molar-refractivity contribution >= 4 is 23.0 Å². The summed E-state index contributed by atoms with van der Waals surface area (Å²) in [6, 6.07) is 5.76. The molecule has 1 aromatic carbocycles. The molecule has 110 valence electrons. The monoisotopic (exact) mass is 295 g/mol. The van der Waals surface area contributed by atoms with Gasteiger partial charge in [0.1, 0.15) is 0 Å². The Balaban J connectivity index is 1.89. The highest BCUT2D eigenvalue weighted by atomic mass is 32.1. The topological polar surface area (TPSA) is 45.8 Å². The van der Waals surface area contributed by atoms with E-state index in [1.807, 2.05) is 32.3 Å². The van der Waals surface area contributed by atoms with Crippen LogP contribution in [-0.4, -0.2) is 50.4 Å². The number of likely N-dealkylation sites (N-methyl/N-ethyl adjacent to an activating group) is 1. The average Bonchev–Trinajstić information content (AvgIpc) is 2.62. The van der Waals surface area contributed by atoms with Crippen molar-refractivity contribution in [2.75, 3.05) is 45.7 Å². The molecule has 1 aliphatic heterocycles. The van der Waals surface area contributed by atoms with Crippen LogP contribution >= 0.6 is 12.2 Å². The summed E-state index contributed by atoms with van der Waals surface area (Å²) in [4.78, 5) is 2.10. The van der Waals surface area contributed by atoms with Crippen molar-refractivity contribution in [2.45, 2.75) is 6.42 Å². The SMILES string of the molecule is CN(C)CCNC(=S)Nc1ccc2c(c1)OCCCO2. The van der Waals surface area contributed by atoms with E-state index >= 15 is 0 Å². The molecule has 2 N–H and O–H groups in total. The van der Waals surface area contributed by atoms with Gasteiger partial charge in [0.2, 0.25) is 0 Å². The van der Waals surface area contributed by atoms with E-state index in [-0.39, 0.29) is 0 Å². The fraction of sp³-hybridized carbons (Fsp3) is 0.500. The summed E-state index contributed by atoms with van der Waals surface area (Å²) < 4.78 is 11.2. The molecule has 0 saturated heterocycles. The van der Waals surface area contributed by atoms with E-state index in [0.717, 1.165) is 36.7 Å². The largest absolute Gasteiger partial charge is 0.490 e. The Morgan fingerprint density at radius 1 is 1.25 bits per heavy atom. The van der Waals surface area contributed by atoms with Gasteiger partial charge in [0.05, 0.1) is 13.2 Å². The summed E-state index contributed by atoms with van der Waals surface area (Å²) in [6.07, 6.45) is 0.905. The number of nitrogens with zero attached hydrogens (tertiary/aromatic N) is 1. The number of benzene rings is 1. The summed E-state index contributed by atoms with van der Waals surface area (Å²) in [7, 11) is 4.06. The van der Waals surface area contributed by atoms with Gasteiger partial charge in [0.15, 0.2) is 16.6 Å². The number of ether oxygens (including phenoxy) is 2. The lowest BCUT2D eigenvalue weighted by atomic mass is 10.3. The van der Waals surface area contributed by atoms with Gasteiger partial charge < -0.3 is 25.0 Å². The molecule has 20 heavy (non-hydrogen) atoms. The minimum atomic E-state index is 0.612. The van der Waals surface area contributed by atoms with Gasteiger partial charge in [-0.3, -0.25) is 0 Å². The van der Waals surface area contributed by atoms with Gasteiger partial charge in [-0.05, 0) is 38.4 Å². The Kier molecular flexibility index (Phi) is 5.43. The number of anilines is 1. The Morgan fingerprint density at radius 2 is 2.00 bits per heavy atom. The molecule has 0 amide bonds. The number of hydrogen-bond acceptors (Lipinski definition) is 4. The molecule has 0 unspecified atom stereocenters. The van der Waals surface area contributed by atoms with Crippen LogP contribution in [0.3, 0.4) is 0 Å². The Bertz CT molecular complexity index is 466. The van der Waals surface area contributed by atoms with Crippen molar-refractivity contribution in [1.82, 2.24) is 10.2 Å². The normalized spacial score (nSPS) is 13.8. The number of rotatable bonds is 4. The average molecular weight is 295 g/mol. The van der Waals surface area contributed by atoms with E-state index < -0.39 is 0 Å². The fourth-order valence-corrected chi connectivity index (χ4v) is 2.03. The number of fused-ring (bicyclic) bond motifs is 1. The Hall–Kier alpha value is -1.53. The highest BCUT2D eigenvalue weighted by molar-refractivity contribution is 7.80. The molecule has 0 radical (unpaired) electrons. The number of nitrogens with one attached hydrogen (secondary N) is 2. The Labute approximate surface area is 125 Å². The van der Waals surface area contributed by atoms with Gasteiger partial charge in [0, 0.05) is 31.3 Å². The molecule has 0 atom stereocenters. The van der Waals surface area contributed by atoms with Crippen LogP contribution < -0.4 is 20.1 Å². The van der Waals surface area contributed by atoms with E-state index in [2.05, 4.69) is 15.5 Å². The first-order valence-corrected chi connectivity index (χ1v) is 7.15. The van der Waals surface area contributed by atoms with E-state index in [9.17, 15) is 0 Å². The maximum absolute atomic E-state index is 5.65. The second-order valence-corrected chi connectivity index (χ2v) is 5.30. The summed E-state index contributed by atoms with van der Waals surface area (Å²) >= 11 is 5.26. The van der Waals surface area contributed by atoms with Crippen LogP contribution in [0.25, 0.3) is 0 Å². The van der Waals surface area contributed by atoms with Crippen LogP contribution in [0.15, 0.2) is 18.2 Å². The van der Waals surface area contributed by atoms with Crippen LogP contribution in [-0.2, 0) is 0 Å². The smallest absolute Gasteiger partial charge is 0.170 e. The molecular weight excluding hydrogens is 274 g/mol. The maximum atomic E-state index is 5.65. The van der Waals surface area contributed by atoms with E-state index in [0.29, 0.717) is 18.3 Å². The first-order valence-electron chi connectivity index (χ1n) is 6.74. The third kappa shape index (κ3) is 4.54. The first-order chi connectivity index (χ1) is 9.65. The highest BCUT2D eigenvalue weighted by Gasteiger charge is 2.10. The van der Waals surface area contributed by atoms with Gasteiger partial charge in [-0.1, -0.05) is 0 Å². The molecule has 0 spiro atoms. The zero-order valence-electron chi connectivity index (χ0n) is 11.9. The second kappa shape index (κ2) is 7.31. The maximum Gasteiger partial charge on any atom is 0.170 e. The fourth-order valence-electron chi connectivity index (χ4n) is 1.81. The number of hydrogen-bond donors (Lipinski definition) is 2. The summed E-state index contributed by atoms with van der Waals surface area (Å²) in [6.45, 7) is 3.12. The van der Waals surface area contributed by atoms with Crippen LogP contribution in [0.1, 0.15) is 6.42 Å².